The van der Waals surface area contributed by atoms with Crippen LogP contribution < -0.4 is 0 Å². The van der Waals surface area contributed by atoms with Gasteiger partial charge in [-0.15, -0.1) is 0 Å². The normalized spacial score (nSPS) is 10.1. The molecule has 0 aliphatic heterocycles. The van der Waals surface area contributed by atoms with E-state index in [2.05, 4.69) is 4.73 Å². The molecule has 4 nitrogen and oxygen atoms in total. The first kappa shape index (κ1) is 10.9. The zero-order chi connectivity index (χ0) is 5.21. The summed E-state index contributed by atoms with van der Waals surface area (Å²) in [6.07, 6.45) is 0. The molecule has 0 aliphatic rings. The molecule has 0 atom stereocenters. The van der Waals surface area contributed by atoms with E-state index in [1.165, 1.54) is 0 Å². The maximum atomic E-state index is 10.2. The summed E-state index contributed by atoms with van der Waals surface area (Å²) in [4.78, 5) is 14.7. The Morgan fingerprint density at radius 3 is 1.71 bits per heavy atom. The van der Waals surface area contributed by atoms with Crippen LogP contribution in [0.3, 0.4) is 0 Å². The van der Waals surface area contributed by atoms with E-state index in [0.717, 1.165) is 0 Å². The predicted octanol–water partition coefficient (Wildman–Crippen LogP) is -0.401. The van der Waals surface area contributed by atoms with Crippen LogP contribution in [0.15, 0.2) is 0 Å². The number of phosphoric acid groups is 1. The van der Waals surface area contributed by atoms with Crippen LogP contribution in [0.1, 0.15) is 0 Å². The second kappa shape index (κ2) is 3.90. The summed E-state index contributed by atoms with van der Waals surface area (Å²) in [5.41, 5.74) is 0. The molecule has 7 heavy (non-hydrogen) atoms. The number of hydrogen-bond acceptors (Lipinski definition) is 2. The second-order valence-corrected chi connectivity index (χ2v) is 1.68. The third kappa shape index (κ3) is 10.9. The number of halogens is 1. The summed E-state index contributed by atoms with van der Waals surface area (Å²) in [6, 6.07) is 0. The average Bonchev–Trinajstić information content (AvgIpc) is 1.35. The Hall–Kier alpha value is 0.962. The molecule has 7 heteroatoms. The Kier molecular flexibility index (Phi) is 6.05. The van der Waals surface area contributed by atoms with E-state index in [9.17, 15) is 4.53 Å². The first-order valence-corrected chi connectivity index (χ1v) is 2.45. The van der Waals surface area contributed by atoms with Crippen LogP contribution in [0.25, 0.3) is 0 Å². The Labute approximate surface area is 59.0 Å². The molecule has 0 bridgehead atoms. The van der Waals surface area contributed by atoms with Crippen LogP contribution in [-0.2, 0) is 9.29 Å². The van der Waals surface area contributed by atoms with E-state index in [1.807, 2.05) is 0 Å². The van der Waals surface area contributed by atoms with Gasteiger partial charge in [-0.2, -0.15) is 0 Å². The molecule has 0 fully saturated rings. The van der Waals surface area contributed by atoms with Gasteiger partial charge in [-0.1, -0.05) is 4.73 Å². The monoisotopic (exact) mass is 324 g/mol. The van der Waals surface area contributed by atoms with Gasteiger partial charge in [0.25, 0.3) is 0 Å². The number of rotatable bonds is 1. The molecule has 0 unspecified atom stereocenters. The fraction of sp³-hybridized carbons (Fsp3) is 0. The Balaban J connectivity index is 0. The summed E-state index contributed by atoms with van der Waals surface area (Å²) in [6.45, 7) is 0. The van der Waals surface area contributed by atoms with Gasteiger partial charge in [0.2, 0.25) is 0 Å². The van der Waals surface area contributed by atoms with Gasteiger partial charge >= 0.3 is 7.82 Å². The minimum absolute atomic E-state index is 0. The molecule has 2 N–H and O–H groups in total. The van der Waals surface area contributed by atoms with Crippen molar-refractivity contribution in [1.82, 2.24) is 0 Å². The van der Waals surface area contributed by atoms with Crippen LogP contribution in [0, 0.1) is 0 Å². The molecule has 0 rings (SSSR count). The predicted molar refractivity (Wildman–Crippen MR) is 20.0 cm³/mol. The van der Waals surface area contributed by atoms with Crippen molar-refractivity contribution in [2.75, 3.05) is 0 Å². The van der Waals surface area contributed by atoms with Gasteiger partial charge in [-0.25, -0.2) is 4.57 Å². The fourth-order valence-electron chi connectivity index (χ4n) is 0. The van der Waals surface area contributed by atoms with Crippen LogP contribution in [0.4, 0.5) is 4.53 Å². The molecule has 0 amide bonds. The van der Waals surface area contributed by atoms with Crippen molar-refractivity contribution in [3.63, 3.8) is 0 Å². The Morgan fingerprint density at radius 2 is 1.71 bits per heavy atom. The van der Waals surface area contributed by atoms with Gasteiger partial charge < -0.3 is 9.79 Å². The molecular weight excluding hydrogens is 321 g/mol. The first-order valence-electron chi connectivity index (χ1n) is 0.919. The van der Waals surface area contributed by atoms with E-state index < -0.39 is 7.82 Å². The summed E-state index contributed by atoms with van der Waals surface area (Å²) in [7, 11) is -4.81. The van der Waals surface area contributed by atoms with E-state index in [4.69, 9.17) is 14.4 Å². The van der Waals surface area contributed by atoms with Gasteiger partial charge in [0.05, 0.1) is 0 Å². The van der Waals surface area contributed by atoms with Crippen molar-refractivity contribution in [2.24, 2.45) is 0 Å². The molecule has 0 aliphatic carbocycles. The van der Waals surface area contributed by atoms with Crippen molar-refractivity contribution in [3.8, 4) is 0 Å². The average molecular weight is 323 g/mol. The zero-order valence-corrected chi connectivity index (χ0v) is 7.82. The van der Waals surface area contributed by atoms with E-state index in [0.29, 0.717) is 0 Å². The number of hydrogen-bond donors (Lipinski definition) is 2. The standard InChI is InChI=1S/FH2O4P.Pb/c1-5-6(2,3)4;/h(H2,2,3,4);. The summed E-state index contributed by atoms with van der Waals surface area (Å²) >= 11 is 0. The molecule has 0 heterocycles. The molecular formula is H2FO4PPb. The molecule has 0 aromatic rings. The van der Waals surface area contributed by atoms with Crippen molar-refractivity contribution in [3.05, 3.63) is 0 Å². The van der Waals surface area contributed by atoms with Crippen LogP contribution >= 0.6 is 7.82 Å². The van der Waals surface area contributed by atoms with Crippen molar-refractivity contribution in [2.45, 2.75) is 0 Å². The minimum atomic E-state index is -4.81. The van der Waals surface area contributed by atoms with Crippen LogP contribution in [0.5, 0.6) is 0 Å². The topological polar surface area (TPSA) is 66.8 Å². The Bertz CT molecular complexity index is 75.8. The minimum Gasteiger partial charge on any atom is -0.301 e. The summed E-state index contributed by atoms with van der Waals surface area (Å²) < 4.78 is 21.4. The van der Waals surface area contributed by atoms with Crippen molar-refractivity contribution >= 4 is 35.1 Å². The maximum Gasteiger partial charge on any atom is 0.500 e. The van der Waals surface area contributed by atoms with Gasteiger partial charge in [0.1, 0.15) is 0 Å². The van der Waals surface area contributed by atoms with Crippen LogP contribution in [0.2, 0.25) is 0 Å². The fourth-order valence-corrected chi connectivity index (χ4v) is 0. The molecule has 0 saturated carbocycles. The van der Waals surface area contributed by atoms with E-state index >= 15 is 0 Å². The van der Waals surface area contributed by atoms with Crippen LogP contribution in [-0.4, -0.2) is 37.1 Å². The quantitative estimate of drug-likeness (QED) is 0.509. The molecule has 0 spiro atoms. The molecule has 42 valence electrons. The smallest absolute Gasteiger partial charge is 0.301 e. The van der Waals surface area contributed by atoms with Gasteiger partial charge in [0, 0.05) is 27.3 Å². The summed E-state index contributed by atoms with van der Waals surface area (Å²) in [5, 5.41) is 0. The summed E-state index contributed by atoms with van der Waals surface area (Å²) in [5.74, 6) is 0. The zero-order valence-electron chi connectivity index (χ0n) is 3.04. The second-order valence-electron chi connectivity index (χ2n) is 0.560. The third-order valence-electron chi connectivity index (χ3n) is 0.0899. The first-order chi connectivity index (χ1) is 2.56. The molecule has 4 radical (unpaired) electrons. The Morgan fingerprint density at radius 1 is 1.57 bits per heavy atom. The van der Waals surface area contributed by atoms with Crippen molar-refractivity contribution < 1.29 is 23.6 Å². The van der Waals surface area contributed by atoms with E-state index in [1.54, 1.807) is 0 Å². The maximum absolute atomic E-state index is 10.2. The van der Waals surface area contributed by atoms with Crippen molar-refractivity contribution in [1.29, 1.82) is 0 Å². The largest absolute Gasteiger partial charge is 0.500 e. The van der Waals surface area contributed by atoms with E-state index in [-0.39, 0.29) is 27.3 Å². The molecule has 0 aromatic carbocycles. The molecule has 0 saturated heterocycles. The van der Waals surface area contributed by atoms with Gasteiger partial charge in [0.15, 0.2) is 0 Å². The van der Waals surface area contributed by atoms with Gasteiger partial charge in [-0.3, -0.25) is 0 Å². The SMILES string of the molecule is O=P(O)(O)OF.[Pb]. The third-order valence-corrected chi connectivity index (χ3v) is 0.270. The molecule has 0 aromatic heterocycles. The van der Waals surface area contributed by atoms with Gasteiger partial charge in [-0.05, 0) is 4.53 Å².